The van der Waals surface area contributed by atoms with Gasteiger partial charge in [-0.2, -0.15) is 0 Å². The van der Waals surface area contributed by atoms with E-state index in [1.54, 1.807) is 11.3 Å². The Hall–Kier alpha value is -1.86. The maximum atomic E-state index is 12.2. The number of rotatable bonds is 3. The van der Waals surface area contributed by atoms with Gasteiger partial charge >= 0.3 is 0 Å². The highest BCUT2D eigenvalue weighted by molar-refractivity contribution is 7.18. The van der Waals surface area contributed by atoms with E-state index in [1.165, 1.54) is 16.0 Å². The molecule has 1 aliphatic rings. The number of hydrogen-bond acceptors (Lipinski definition) is 6. The minimum Gasteiger partial charge on any atom is -0.341 e. The fourth-order valence-corrected chi connectivity index (χ4v) is 4.30. The van der Waals surface area contributed by atoms with Gasteiger partial charge in [-0.05, 0) is 19.1 Å². The van der Waals surface area contributed by atoms with Crippen LogP contribution in [0.5, 0.6) is 0 Å². The Bertz CT molecular complexity index is 802. The maximum Gasteiger partial charge on any atom is 0.229 e. The zero-order valence-corrected chi connectivity index (χ0v) is 13.7. The number of para-hydroxylation sites is 1. The predicted octanol–water partition coefficient (Wildman–Crippen LogP) is 2.62. The van der Waals surface area contributed by atoms with Crippen LogP contribution in [0.25, 0.3) is 10.2 Å². The second-order valence-corrected chi connectivity index (χ2v) is 7.74. The maximum absolute atomic E-state index is 12.2. The molecule has 7 heteroatoms. The van der Waals surface area contributed by atoms with Crippen molar-refractivity contribution in [2.75, 3.05) is 13.1 Å². The Kier molecular flexibility index (Phi) is 3.38. The summed E-state index contributed by atoms with van der Waals surface area (Å²) in [5.74, 6) is 0.506. The molecule has 5 nitrogen and oxygen atoms in total. The molecule has 112 valence electrons. The van der Waals surface area contributed by atoms with Crippen LogP contribution in [-0.2, 0) is 11.2 Å². The van der Waals surface area contributed by atoms with E-state index >= 15 is 0 Å². The van der Waals surface area contributed by atoms with E-state index in [0.29, 0.717) is 12.3 Å². The van der Waals surface area contributed by atoms with Gasteiger partial charge in [-0.15, -0.1) is 32.9 Å². The minimum absolute atomic E-state index is 0.133. The standard InChI is InChI=1S/C15H14N4OS2/c1-9-17-18-13(21-9)6-14(20)19-7-10(8-19)15-16-11-4-2-3-5-12(11)22-15/h2-5,10H,6-8H2,1H3. The van der Waals surface area contributed by atoms with Crippen LogP contribution in [0.15, 0.2) is 24.3 Å². The van der Waals surface area contributed by atoms with Crippen molar-refractivity contribution in [3.63, 3.8) is 0 Å². The molecule has 4 rings (SSSR count). The first-order valence-corrected chi connectivity index (χ1v) is 8.74. The first-order chi connectivity index (χ1) is 10.7. The van der Waals surface area contributed by atoms with E-state index in [1.807, 2.05) is 30.0 Å². The van der Waals surface area contributed by atoms with E-state index in [2.05, 4.69) is 21.2 Å². The first kappa shape index (κ1) is 13.8. The van der Waals surface area contributed by atoms with Crippen LogP contribution < -0.4 is 0 Å². The largest absolute Gasteiger partial charge is 0.341 e. The number of fused-ring (bicyclic) bond motifs is 1. The van der Waals surface area contributed by atoms with Crippen LogP contribution in [0.1, 0.15) is 20.9 Å². The van der Waals surface area contributed by atoms with Crippen molar-refractivity contribution in [1.29, 1.82) is 0 Å². The molecule has 1 amide bonds. The Morgan fingerprint density at radius 1 is 1.27 bits per heavy atom. The van der Waals surface area contributed by atoms with Gasteiger partial charge in [0.1, 0.15) is 15.0 Å². The molecular formula is C15H14N4OS2. The van der Waals surface area contributed by atoms with Gasteiger partial charge in [-0.3, -0.25) is 4.79 Å². The van der Waals surface area contributed by atoms with Gasteiger partial charge in [-0.25, -0.2) is 4.98 Å². The minimum atomic E-state index is 0.133. The highest BCUT2D eigenvalue weighted by Crippen LogP contribution is 2.33. The SMILES string of the molecule is Cc1nnc(CC(=O)N2CC(c3nc4ccccc4s3)C2)s1. The third-order valence-electron chi connectivity index (χ3n) is 3.76. The van der Waals surface area contributed by atoms with Crippen LogP contribution in [0.4, 0.5) is 0 Å². The van der Waals surface area contributed by atoms with E-state index in [4.69, 9.17) is 0 Å². The van der Waals surface area contributed by atoms with Gasteiger partial charge in [0.05, 0.1) is 16.6 Å². The van der Waals surface area contributed by atoms with Gasteiger partial charge < -0.3 is 4.90 Å². The van der Waals surface area contributed by atoms with Crippen molar-refractivity contribution in [3.8, 4) is 0 Å². The lowest BCUT2D eigenvalue weighted by Gasteiger charge is -2.38. The Balaban J connectivity index is 1.40. The van der Waals surface area contributed by atoms with E-state index in [-0.39, 0.29) is 5.91 Å². The fraction of sp³-hybridized carbons (Fsp3) is 0.333. The summed E-state index contributed by atoms with van der Waals surface area (Å²) in [5.41, 5.74) is 1.05. The second-order valence-electron chi connectivity index (χ2n) is 5.41. The molecule has 1 aromatic carbocycles. The number of amides is 1. The molecule has 0 aliphatic carbocycles. The molecule has 3 aromatic rings. The third-order valence-corrected chi connectivity index (χ3v) is 5.80. The number of carbonyl (C=O) groups excluding carboxylic acids is 1. The summed E-state index contributed by atoms with van der Waals surface area (Å²) in [6, 6.07) is 8.17. The summed E-state index contributed by atoms with van der Waals surface area (Å²) in [4.78, 5) is 18.8. The number of thiazole rings is 1. The number of nitrogens with zero attached hydrogens (tertiary/aromatic N) is 4. The average molecular weight is 330 g/mol. The van der Waals surface area contributed by atoms with E-state index in [9.17, 15) is 4.79 Å². The number of carbonyl (C=O) groups is 1. The number of likely N-dealkylation sites (tertiary alicyclic amines) is 1. The Morgan fingerprint density at radius 2 is 2.09 bits per heavy atom. The quantitative estimate of drug-likeness (QED) is 0.741. The summed E-state index contributed by atoms with van der Waals surface area (Å²) < 4.78 is 1.21. The normalized spacial score (nSPS) is 15.2. The molecular weight excluding hydrogens is 316 g/mol. The van der Waals surface area contributed by atoms with Crippen LogP contribution in [-0.4, -0.2) is 39.1 Å². The zero-order valence-electron chi connectivity index (χ0n) is 12.0. The van der Waals surface area contributed by atoms with Gasteiger partial charge in [0.25, 0.3) is 0 Å². The van der Waals surface area contributed by atoms with Crippen LogP contribution in [0.2, 0.25) is 0 Å². The molecule has 2 aromatic heterocycles. The molecule has 0 radical (unpaired) electrons. The average Bonchev–Trinajstić information content (AvgIpc) is 3.03. The number of aromatic nitrogens is 3. The molecule has 0 saturated carbocycles. The number of benzene rings is 1. The lowest BCUT2D eigenvalue weighted by Crippen LogP contribution is -2.49. The van der Waals surface area contributed by atoms with Crippen molar-refractivity contribution in [2.24, 2.45) is 0 Å². The van der Waals surface area contributed by atoms with Crippen molar-refractivity contribution in [3.05, 3.63) is 39.3 Å². The molecule has 1 saturated heterocycles. The molecule has 3 heterocycles. The third kappa shape index (κ3) is 2.50. The molecule has 1 aliphatic heterocycles. The molecule has 22 heavy (non-hydrogen) atoms. The van der Waals surface area contributed by atoms with E-state index in [0.717, 1.165) is 33.6 Å². The van der Waals surface area contributed by atoms with Gasteiger partial charge in [0.15, 0.2) is 0 Å². The first-order valence-electron chi connectivity index (χ1n) is 7.11. The number of aryl methyl sites for hydroxylation is 1. The smallest absolute Gasteiger partial charge is 0.229 e. The second kappa shape index (κ2) is 5.40. The van der Waals surface area contributed by atoms with Crippen molar-refractivity contribution >= 4 is 38.8 Å². The molecule has 1 fully saturated rings. The molecule has 0 unspecified atom stereocenters. The predicted molar refractivity (Wildman–Crippen MR) is 87.3 cm³/mol. The molecule has 0 N–H and O–H groups in total. The topological polar surface area (TPSA) is 59.0 Å². The zero-order chi connectivity index (χ0) is 15.1. The van der Waals surface area contributed by atoms with Crippen molar-refractivity contribution in [2.45, 2.75) is 19.3 Å². The lowest BCUT2D eigenvalue weighted by atomic mass is 10.0. The summed E-state index contributed by atoms with van der Waals surface area (Å²) in [7, 11) is 0. The van der Waals surface area contributed by atoms with Gasteiger partial charge in [-0.1, -0.05) is 12.1 Å². The molecule has 0 atom stereocenters. The van der Waals surface area contributed by atoms with Crippen molar-refractivity contribution < 1.29 is 4.79 Å². The Labute approximate surface area is 135 Å². The molecule has 0 spiro atoms. The van der Waals surface area contributed by atoms with E-state index < -0.39 is 0 Å². The van der Waals surface area contributed by atoms with Gasteiger partial charge in [0.2, 0.25) is 5.91 Å². The van der Waals surface area contributed by atoms with Crippen LogP contribution >= 0.6 is 22.7 Å². The number of hydrogen-bond donors (Lipinski definition) is 0. The van der Waals surface area contributed by atoms with Crippen LogP contribution in [0.3, 0.4) is 0 Å². The van der Waals surface area contributed by atoms with Crippen molar-refractivity contribution in [1.82, 2.24) is 20.1 Å². The highest BCUT2D eigenvalue weighted by atomic mass is 32.1. The summed E-state index contributed by atoms with van der Waals surface area (Å²) in [6.45, 7) is 3.42. The highest BCUT2D eigenvalue weighted by Gasteiger charge is 2.34. The molecule has 0 bridgehead atoms. The van der Waals surface area contributed by atoms with Crippen LogP contribution in [0, 0.1) is 6.92 Å². The summed E-state index contributed by atoms with van der Waals surface area (Å²) >= 11 is 3.22. The summed E-state index contributed by atoms with van der Waals surface area (Å²) in [5, 5.41) is 10.8. The Morgan fingerprint density at radius 3 is 2.82 bits per heavy atom. The lowest BCUT2D eigenvalue weighted by molar-refractivity contribution is -0.134. The fourth-order valence-electron chi connectivity index (χ4n) is 2.55. The monoisotopic (exact) mass is 330 g/mol. The van der Waals surface area contributed by atoms with Gasteiger partial charge in [0, 0.05) is 19.0 Å². The summed E-state index contributed by atoms with van der Waals surface area (Å²) in [6.07, 6.45) is 0.359.